The number of piperidine rings is 1. The summed E-state index contributed by atoms with van der Waals surface area (Å²) in [4.78, 5) is 14.1. The number of carbonyl (C=O) groups is 1. The van der Waals surface area contributed by atoms with Gasteiger partial charge in [-0.3, -0.25) is 9.69 Å². The second-order valence-corrected chi connectivity index (χ2v) is 9.92. The molecular formula is C19H25N3O3S2. The second-order valence-electron chi connectivity index (χ2n) is 6.81. The van der Waals surface area contributed by atoms with E-state index in [1.54, 1.807) is 12.1 Å². The van der Waals surface area contributed by atoms with E-state index in [1.807, 2.05) is 18.2 Å². The number of nitrogens with one attached hydrogen (secondary N) is 2. The number of likely N-dealkylation sites (tertiary alicyclic amines) is 1. The molecule has 1 amide bonds. The van der Waals surface area contributed by atoms with E-state index in [-0.39, 0.29) is 11.9 Å². The van der Waals surface area contributed by atoms with Crippen molar-refractivity contribution in [3.05, 3.63) is 52.9 Å². The van der Waals surface area contributed by atoms with Gasteiger partial charge in [0.25, 0.3) is 0 Å². The number of hydrogen-bond donors (Lipinski definition) is 2. The maximum absolute atomic E-state index is 12.7. The van der Waals surface area contributed by atoms with Crippen molar-refractivity contribution < 1.29 is 13.2 Å². The van der Waals surface area contributed by atoms with E-state index in [0.717, 1.165) is 30.8 Å². The summed E-state index contributed by atoms with van der Waals surface area (Å²) in [5, 5.41) is 2.69. The molecule has 6 nitrogen and oxygen atoms in total. The highest BCUT2D eigenvalue weighted by Crippen LogP contribution is 2.23. The van der Waals surface area contributed by atoms with Gasteiger partial charge in [0, 0.05) is 30.9 Å². The summed E-state index contributed by atoms with van der Waals surface area (Å²) in [5.74, 6) is -0.133. The van der Waals surface area contributed by atoms with Gasteiger partial charge in [-0.05, 0) is 37.1 Å². The van der Waals surface area contributed by atoms with E-state index in [0.29, 0.717) is 17.3 Å². The Hall–Kier alpha value is -1.74. The maximum Gasteiger partial charge on any atom is 0.250 e. The second kappa shape index (κ2) is 8.97. The van der Waals surface area contributed by atoms with Crippen molar-refractivity contribution in [3.8, 4) is 0 Å². The van der Waals surface area contributed by atoms with Crippen LogP contribution in [0.4, 0.5) is 0 Å². The first-order chi connectivity index (χ1) is 12.9. The monoisotopic (exact) mass is 407 g/mol. The van der Waals surface area contributed by atoms with Crippen LogP contribution in [0.3, 0.4) is 0 Å². The van der Waals surface area contributed by atoms with E-state index in [2.05, 4.69) is 27.1 Å². The average molecular weight is 408 g/mol. The topological polar surface area (TPSA) is 78.5 Å². The third kappa shape index (κ3) is 5.87. The predicted molar refractivity (Wildman–Crippen MR) is 107 cm³/mol. The van der Waals surface area contributed by atoms with Gasteiger partial charge in [0.1, 0.15) is 4.21 Å². The van der Waals surface area contributed by atoms with Crippen LogP contribution in [0, 0.1) is 0 Å². The third-order valence-electron chi connectivity index (χ3n) is 4.49. The van der Waals surface area contributed by atoms with Crippen LogP contribution in [0.25, 0.3) is 0 Å². The normalized spacial score (nSPS) is 18.3. The molecule has 0 spiro atoms. The number of thiophene rings is 1. The molecule has 1 atom stereocenters. The Balaban J connectivity index is 1.59. The Morgan fingerprint density at radius 2 is 2.00 bits per heavy atom. The SMILES string of the molecule is CC(=O)NCc1ccc(S(=O)(=O)NC2CCCN(Cc3ccccc3)C2)s1. The zero-order chi connectivity index (χ0) is 19.3. The van der Waals surface area contributed by atoms with E-state index < -0.39 is 10.0 Å². The van der Waals surface area contributed by atoms with Gasteiger partial charge in [0.15, 0.2) is 0 Å². The number of hydrogen-bond acceptors (Lipinski definition) is 5. The van der Waals surface area contributed by atoms with E-state index in [1.165, 1.54) is 23.8 Å². The highest BCUT2D eigenvalue weighted by Gasteiger charge is 2.26. The lowest BCUT2D eigenvalue weighted by atomic mass is 10.1. The highest BCUT2D eigenvalue weighted by molar-refractivity contribution is 7.91. The molecule has 8 heteroatoms. The van der Waals surface area contributed by atoms with Crippen LogP contribution < -0.4 is 10.0 Å². The summed E-state index contributed by atoms with van der Waals surface area (Å²) >= 11 is 1.20. The van der Waals surface area contributed by atoms with Crippen LogP contribution in [-0.2, 0) is 27.9 Å². The average Bonchev–Trinajstić information content (AvgIpc) is 3.11. The van der Waals surface area contributed by atoms with Gasteiger partial charge in [-0.2, -0.15) is 0 Å². The van der Waals surface area contributed by atoms with Gasteiger partial charge < -0.3 is 5.32 Å². The van der Waals surface area contributed by atoms with Crippen LogP contribution in [0.5, 0.6) is 0 Å². The molecule has 0 radical (unpaired) electrons. The molecule has 2 aromatic rings. The van der Waals surface area contributed by atoms with Crippen LogP contribution in [0.2, 0.25) is 0 Å². The lowest BCUT2D eigenvalue weighted by molar-refractivity contribution is -0.119. The van der Waals surface area contributed by atoms with E-state index in [9.17, 15) is 13.2 Å². The zero-order valence-corrected chi connectivity index (χ0v) is 17.0. The number of sulfonamides is 1. The third-order valence-corrected chi connectivity index (χ3v) is 7.59. The summed E-state index contributed by atoms with van der Waals surface area (Å²) in [6.45, 7) is 4.31. The summed E-state index contributed by atoms with van der Waals surface area (Å²) in [6.07, 6.45) is 1.81. The fourth-order valence-electron chi connectivity index (χ4n) is 3.22. The molecule has 1 unspecified atom stereocenters. The highest BCUT2D eigenvalue weighted by atomic mass is 32.2. The molecule has 0 saturated carbocycles. The van der Waals surface area contributed by atoms with Gasteiger partial charge in [-0.1, -0.05) is 30.3 Å². The van der Waals surface area contributed by atoms with Crippen molar-refractivity contribution >= 4 is 27.3 Å². The number of carbonyl (C=O) groups excluding carboxylic acids is 1. The van der Waals surface area contributed by atoms with Crippen LogP contribution in [0.15, 0.2) is 46.7 Å². The summed E-state index contributed by atoms with van der Waals surface area (Å²) in [5.41, 5.74) is 1.24. The van der Waals surface area contributed by atoms with Crippen molar-refractivity contribution in [2.75, 3.05) is 13.1 Å². The van der Waals surface area contributed by atoms with Crippen molar-refractivity contribution in [1.29, 1.82) is 0 Å². The number of rotatable bonds is 7. The molecule has 2 heterocycles. The molecule has 2 N–H and O–H groups in total. The van der Waals surface area contributed by atoms with Crippen LogP contribution in [0.1, 0.15) is 30.2 Å². The molecule has 0 aliphatic carbocycles. The minimum atomic E-state index is -3.54. The van der Waals surface area contributed by atoms with Gasteiger partial charge in [-0.25, -0.2) is 13.1 Å². The van der Waals surface area contributed by atoms with Crippen molar-refractivity contribution in [1.82, 2.24) is 14.9 Å². The largest absolute Gasteiger partial charge is 0.351 e. The van der Waals surface area contributed by atoms with Crippen molar-refractivity contribution in [2.24, 2.45) is 0 Å². The van der Waals surface area contributed by atoms with Crippen LogP contribution in [-0.4, -0.2) is 38.4 Å². The van der Waals surface area contributed by atoms with Gasteiger partial charge in [0.2, 0.25) is 15.9 Å². The standard InChI is InChI=1S/C19H25N3O3S2/c1-15(23)20-12-18-9-10-19(26-18)27(24,25)21-17-8-5-11-22(14-17)13-16-6-3-2-4-7-16/h2-4,6-7,9-10,17,21H,5,8,11-14H2,1H3,(H,20,23). The fourth-order valence-corrected chi connectivity index (χ4v) is 5.80. The quantitative estimate of drug-likeness (QED) is 0.738. The number of nitrogens with zero attached hydrogens (tertiary/aromatic N) is 1. The van der Waals surface area contributed by atoms with E-state index in [4.69, 9.17) is 0 Å². The smallest absolute Gasteiger partial charge is 0.250 e. The van der Waals surface area contributed by atoms with Gasteiger partial charge in [0.05, 0.1) is 6.54 Å². The molecule has 1 aliphatic heterocycles. The lowest BCUT2D eigenvalue weighted by Crippen LogP contribution is -2.47. The first-order valence-electron chi connectivity index (χ1n) is 9.04. The molecule has 1 aliphatic rings. The number of amides is 1. The first-order valence-corrected chi connectivity index (χ1v) is 11.3. The molecule has 1 fully saturated rings. The Morgan fingerprint density at radius 1 is 1.22 bits per heavy atom. The molecule has 1 saturated heterocycles. The molecule has 1 aromatic heterocycles. The Kier molecular flexibility index (Phi) is 6.64. The maximum atomic E-state index is 12.7. The molecular weight excluding hydrogens is 382 g/mol. The zero-order valence-electron chi connectivity index (χ0n) is 15.3. The summed E-state index contributed by atoms with van der Waals surface area (Å²) in [6, 6.07) is 13.5. The van der Waals surface area contributed by atoms with Gasteiger partial charge >= 0.3 is 0 Å². The number of benzene rings is 1. The Labute approximate surface area is 164 Å². The molecule has 146 valence electrons. The van der Waals surface area contributed by atoms with Gasteiger partial charge in [-0.15, -0.1) is 11.3 Å². The molecule has 3 rings (SSSR count). The lowest BCUT2D eigenvalue weighted by Gasteiger charge is -2.32. The van der Waals surface area contributed by atoms with Crippen molar-refractivity contribution in [3.63, 3.8) is 0 Å². The minimum absolute atomic E-state index is 0.0895. The minimum Gasteiger partial charge on any atom is -0.351 e. The Morgan fingerprint density at radius 3 is 2.74 bits per heavy atom. The summed E-state index contributed by atoms with van der Waals surface area (Å²) < 4.78 is 28.6. The fraction of sp³-hybridized carbons (Fsp3) is 0.421. The summed E-state index contributed by atoms with van der Waals surface area (Å²) in [7, 11) is -3.54. The Bertz CT molecular complexity index is 865. The van der Waals surface area contributed by atoms with Crippen LogP contribution >= 0.6 is 11.3 Å². The van der Waals surface area contributed by atoms with Crippen molar-refractivity contribution in [2.45, 2.75) is 43.1 Å². The molecule has 27 heavy (non-hydrogen) atoms. The van der Waals surface area contributed by atoms with E-state index >= 15 is 0 Å². The first kappa shape index (κ1) is 20.0. The predicted octanol–water partition coefficient (Wildman–Crippen LogP) is 2.33. The molecule has 1 aromatic carbocycles. The molecule has 0 bridgehead atoms.